The Morgan fingerprint density at radius 1 is 1.10 bits per heavy atom. The van der Waals surface area contributed by atoms with Crippen molar-refractivity contribution in [2.75, 3.05) is 13.2 Å². The first-order valence-corrected chi connectivity index (χ1v) is 10.6. The van der Waals surface area contributed by atoms with Gasteiger partial charge in [-0.05, 0) is 36.5 Å². The first-order valence-electron chi connectivity index (χ1n) is 10.6. The minimum atomic E-state index is -1.15. The van der Waals surface area contributed by atoms with Gasteiger partial charge >= 0.3 is 6.09 Å². The van der Waals surface area contributed by atoms with Gasteiger partial charge in [-0.2, -0.15) is 0 Å². The molecule has 0 spiro atoms. The summed E-state index contributed by atoms with van der Waals surface area (Å²) in [6.07, 6.45) is 1.55. The van der Waals surface area contributed by atoms with E-state index in [0.717, 1.165) is 19.3 Å². The van der Waals surface area contributed by atoms with Gasteiger partial charge in [0, 0.05) is 11.9 Å². The highest BCUT2D eigenvalue weighted by atomic mass is 16.5. The molecule has 0 saturated heterocycles. The van der Waals surface area contributed by atoms with Gasteiger partial charge in [-0.15, -0.1) is 0 Å². The second-order valence-electron chi connectivity index (χ2n) is 8.64. The molecule has 166 valence electrons. The lowest BCUT2D eigenvalue weighted by Gasteiger charge is -2.25. The number of hydrogen-bond donors (Lipinski definition) is 2. The number of fused-ring (bicyclic) bond motifs is 1. The molecule has 0 bridgehead atoms. The van der Waals surface area contributed by atoms with E-state index in [1.54, 1.807) is 16.7 Å². The van der Waals surface area contributed by atoms with Crippen LogP contribution in [0.3, 0.4) is 0 Å². The average molecular weight is 419 g/mol. The minimum Gasteiger partial charge on any atom is -0.494 e. The van der Waals surface area contributed by atoms with Gasteiger partial charge in [-0.25, -0.2) is 4.79 Å². The van der Waals surface area contributed by atoms with Gasteiger partial charge in [0.2, 0.25) is 0 Å². The van der Waals surface area contributed by atoms with Crippen LogP contribution in [0.5, 0.6) is 11.5 Å². The van der Waals surface area contributed by atoms with E-state index in [4.69, 9.17) is 14.6 Å². The molecule has 0 atom stereocenters. The van der Waals surface area contributed by atoms with Gasteiger partial charge in [0.25, 0.3) is 5.56 Å². The number of ether oxygens (including phenoxy) is 2. The maximum atomic E-state index is 13.4. The van der Waals surface area contributed by atoms with Crippen molar-refractivity contribution in [2.24, 2.45) is 5.41 Å². The van der Waals surface area contributed by atoms with Crippen molar-refractivity contribution in [1.82, 2.24) is 9.88 Å². The van der Waals surface area contributed by atoms with E-state index in [9.17, 15) is 9.59 Å². The predicted molar refractivity (Wildman–Crippen MR) is 119 cm³/mol. The number of hydrogen-bond acceptors (Lipinski definition) is 4. The molecular weight excluding hydrogens is 384 g/mol. The van der Waals surface area contributed by atoms with Crippen LogP contribution < -0.4 is 20.3 Å². The largest absolute Gasteiger partial charge is 0.494 e. The Morgan fingerprint density at radius 3 is 2.43 bits per heavy atom. The van der Waals surface area contributed by atoms with Crippen LogP contribution in [-0.4, -0.2) is 29.0 Å². The molecule has 0 unspecified atom stereocenters. The summed E-state index contributed by atoms with van der Waals surface area (Å²) in [5.41, 5.74) is 0.195. The number of carbonyl (C=O) groups is 1. The number of benzene rings is 1. The summed E-state index contributed by atoms with van der Waals surface area (Å²) in [6, 6.07) is 5.38. The van der Waals surface area contributed by atoms with Crippen LogP contribution in [-0.2, 0) is 13.1 Å². The minimum absolute atomic E-state index is 0.0158. The van der Waals surface area contributed by atoms with E-state index in [-0.39, 0.29) is 17.5 Å². The van der Waals surface area contributed by atoms with Crippen LogP contribution in [0.2, 0.25) is 0 Å². The predicted octanol–water partition coefficient (Wildman–Crippen LogP) is 4.78. The van der Waals surface area contributed by atoms with E-state index in [0.29, 0.717) is 47.7 Å². The van der Waals surface area contributed by atoms with E-state index in [1.807, 2.05) is 33.8 Å². The molecule has 1 heterocycles. The van der Waals surface area contributed by atoms with Crippen LogP contribution in [0.25, 0.3) is 10.8 Å². The van der Waals surface area contributed by atoms with Crippen LogP contribution in [0.4, 0.5) is 4.79 Å². The molecule has 2 aromatic rings. The standard InChI is InChI=1S/C23H34N2O5/c1-6-8-12-30-20-18-13-16(29-11-7-2)9-10-17(18)21(26)25(15-23(3,4)5)19(20)14-24-22(27)28/h9-10,13,24H,6-8,11-12,14-15H2,1-5H3,(H,27,28). The molecule has 30 heavy (non-hydrogen) atoms. The summed E-state index contributed by atoms with van der Waals surface area (Å²) in [5, 5.41) is 12.8. The summed E-state index contributed by atoms with van der Waals surface area (Å²) >= 11 is 0. The Labute approximate surface area is 178 Å². The second-order valence-corrected chi connectivity index (χ2v) is 8.64. The van der Waals surface area contributed by atoms with Gasteiger partial charge in [0.05, 0.1) is 30.8 Å². The molecule has 0 fully saturated rings. The smallest absolute Gasteiger partial charge is 0.404 e. The van der Waals surface area contributed by atoms with Crippen molar-refractivity contribution in [1.29, 1.82) is 0 Å². The summed E-state index contributed by atoms with van der Waals surface area (Å²) in [5.74, 6) is 1.20. The van der Waals surface area contributed by atoms with E-state index >= 15 is 0 Å². The normalized spacial score (nSPS) is 11.5. The van der Waals surface area contributed by atoms with Crippen LogP contribution >= 0.6 is 0 Å². The lowest BCUT2D eigenvalue weighted by atomic mass is 9.96. The fourth-order valence-corrected chi connectivity index (χ4v) is 3.21. The Balaban J connectivity index is 2.74. The number of aromatic nitrogens is 1. The molecule has 1 aromatic heterocycles. The number of nitrogens with one attached hydrogen (secondary N) is 1. The Kier molecular flexibility index (Phi) is 8.15. The molecule has 1 amide bonds. The zero-order valence-corrected chi connectivity index (χ0v) is 18.7. The summed E-state index contributed by atoms with van der Waals surface area (Å²) in [7, 11) is 0. The number of amides is 1. The number of nitrogens with zero attached hydrogens (tertiary/aromatic N) is 1. The molecule has 0 aliphatic rings. The molecule has 0 radical (unpaired) electrons. The van der Waals surface area contributed by atoms with E-state index in [1.165, 1.54) is 0 Å². The van der Waals surface area contributed by atoms with Crippen molar-refractivity contribution < 1.29 is 19.4 Å². The molecule has 2 rings (SSSR count). The average Bonchev–Trinajstić information content (AvgIpc) is 2.67. The summed E-state index contributed by atoms with van der Waals surface area (Å²) < 4.78 is 13.5. The van der Waals surface area contributed by atoms with E-state index < -0.39 is 6.09 Å². The van der Waals surface area contributed by atoms with Crippen molar-refractivity contribution in [2.45, 2.75) is 67.0 Å². The monoisotopic (exact) mass is 418 g/mol. The third-order valence-corrected chi connectivity index (χ3v) is 4.56. The fraction of sp³-hybridized carbons (Fsp3) is 0.565. The van der Waals surface area contributed by atoms with Crippen LogP contribution in [0, 0.1) is 5.41 Å². The van der Waals surface area contributed by atoms with Crippen LogP contribution in [0.15, 0.2) is 23.0 Å². The first kappa shape index (κ1) is 23.6. The Bertz CT molecular complexity index is 928. The number of pyridine rings is 1. The van der Waals surface area contributed by atoms with Crippen molar-refractivity contribution in [3.05, 3.63) is 34.2 Å². The quantitative estimate of drug-likeness (QED) is 0.542. The Hall–Kier alpha value is -2.70. The highest BCUT2D eigenvalue weighted by Crippen LogP contribution is 2.32. The topological polar surface area (TPSA) is 89.8 Å². The SMILES string of the molecule is CCCCOc1c(CNC(=O)O)n(CC(C)(C)C)c(=O)c2ccc(OCCC)cc12. The van der Waals surface area contributed by atoms with Gasteiger partial charge in [-0.3, -0.25) is 4.79 Å². The highest BCUT2D eigenvalue weighted by molar-refractivity contribution is 5.89. The highest BCUT2D eigenvalue weighted by Gasteiger charge is 2.22. The van der Waals surface area contributed by atoms with Gasteiger partial charge in [0.15, 0.2) is 0 Å². The van der Waals surface area contributed by atoms with Crippen molar-refractivity contribution >= 4 is 16.9 Å². The van der Waals surface area contributed by atoms with Crippen molar-refractivity contribution in [3.63, 3.8) is 0 Å². The number of unbranched alkanes of at least 4 members (excludes halogenated alkanes) is 1. The third-order valence-electron chi connectivity index (χ3n) is 4.56. The summed E-state index contributed by atoms with van der Waals surface area (Å²) in [4.78, 5) is 24.6. The molecule has 0 aliphatic carbocycles. The van der Waals surface area contributed by atoms with Crippen LogP contribution in [0.1, 0.15) is 59.6 Å². The van der Waals surface area contributed by atoms with E-state index in [2.05, 4.69) is 12.2 Å². The molecule has 0 saturated carbocycles. The van der Waals surface area contributed by atoms with Gasteiger partial charge < -0.3 is 24.5 Å². The molecule has 7 heteroatoms. The maximum Gasteiger partial charge on any atom is 0.404 e. The Morgan fingerprint density at radius 2 is 1.83 bits per heavy atom. The zero-order valence-electron chi connectivity index (χ0n) is 18.7. The third kappa shape index (κ3) is 6.15. The lowest BCUT2D eigenvalue weighted by Crippen LogP contribution is -2.33. The molecular formula is C23H34N2O5. The fourth-order valence-electron chi connectivity index (χ4n) is 3.21. The number of rotatable bonds is 10. The number of carboxylic acid groups (broad SMARTS) is 1. The molecule has 2 N–H and O–H groups in total. The zero-order chi connectivity index (χ0) is 22.3. The maximum absolute atomic E-state index is 13.4. The molecule has 7 nitrogen and oxygen atoms in total. The summed E-state index contributed by atoms with van der Waals surface area (Å²) in [6.45, 7) is 11.7. The van der Waals surface area contributed by atoms with Crippen molar-refractivity contribution in [3.8, 4) is 11.5 Å². The lowest BCUT2D eigenvalue weighted by molar-refractivity contribution is 0.193. The molecule has 1 aromatic carbocycles. The first-order chi connectivity index (χ1) is 14.2. The molecule has 0 aliphatic heterocycles. The van der Waals surface area contributed by atoms with Gasteiger partial charge in [0.1, 0.15) is 11.5 Å². The van der Waals surface area contributed by atoms with Gasteiger partial charge in [-0.1, -0.05) is 41.0 Å². The second kappa shape index (κ2) is 10.4.